The lowest BCUT2D eigenvalue weighted by Gasteiger charge is -2.26. The van der Waals surface area contributed by atoms with Gasteiger partial charge in [-0.2, -0.15) is 0 Å². The second kappa shape index (κ2) is 6.18. The zero-order valence-electron chi connectivity index (χ0n) is 11.0. The normalized spacial score (nSPS) is 15.1. The summed E-state index contributed by atoms with van der Waals surface area (Å²) >= 11 is 0. The highest BCUT2D eigenvalue weighted by Crippen LogP contribution is 2.18. The molecule has 1 fully saturated rings. The van der Waals surface area contributed by atoms with Crippen LogP contribution in [0, 0.1) is 0 Å². The Hall–Kier alpha value is -2.37. The molecule has 2 rings (SSSR count). The van der Waals surface area contributed by atoms with E-state index in [1.54, 1.807) is 6.07 Å². The summed E-state index contributed by atoms with van der Waals surface area (Å²) in [7, 11) is 0. The lowest BCUT2D eigenvalue weighted by atomic mass is 10.1. The van der Waals surface area contributed by atoms with E-state index >= 15 is 0 Å². The van der Waals surface area contributed by atoms with Crippen LogP contribution in [0.1, 0.15) is 18.4 Å². The molecular formula is C14H16N2O4. The smallest absolute Gasteiger partial charge is 0.316 e. The first-order valence-electron chi connectivity index (χ1n) is 6.48. The number of aliphatic carboxylic acids is 1. The van der Waals surface area contributed by atoms with Crippen LogP contribution < -0.4 is 10.2 Å². The molecule has 0 unspecified atom stereocenters. The van der Waals surface area contributed by atoms with Gasteiger partial charge in [-0.05, 0) is 30.5 Å². The van der Waals surface area contributed by atoms with Crippen molar-refractivity contribution >= 4 is 23.5 Å². The van der Waals surface area contributed by atoms with Gasteiger partial charge in [0.2, 0.25) is 0 Å². The lowest BCUT2D eigenvalue weighted by Crippen LogP contribution is -2.52. The zero-order valence-corrected chi connectivity index (χ0v) is 11.0. The van der Waals surface area contributed by atoms with E-state index in [1.807, 2.05) is 18.2 Å². The minimum Gasteiger partial charge on any atom is -0.481 e. The van der Waals surface area contributed by atoms with Gasteiger partial charge in [0.25, 0.3) is 0 Å². The van der Waals surface area contributed by atoms with Crippen molar-refractivity contribution in [1.29, 1.82) is 0 Å². The number of piperazine rings is 1. The molecule has 0 radical (unpaired) electrons. The van der Waals surface area contributed by atoms with Crippen LogP contribution >= 0.6 is 0 Å². The van der Waals surface area contributed by atoms with E-state index in [9.17, 15) is 14.4 Å². The first kappa shape index (κ1) is 14.0. The Bertz CT molecular complexity index is 542. The van der Waals surface area contributed by atoms with Crippen molar-refractivity contribution in [3.63, 3.8) is 0 Å². The number of rotatable bonds is 5. The Morgan fingerprint density at radius 2 is 2.15 bits per heavy atom. The number of hydrogen-bond donors (Lipinski definition) is 2. The van der Waals surface area contributed by atoms with Crippen LogP contribution in [0.3, 0.4) is 0 Å². The molecule has 106 valence electrons. The molecule has 2 N–H and O–H groups in total. The van der Waals surface area contributed by atoms with Crippen LogP contribution in [-0.4, -0.2) is 36.0 Å². The monoisotopic (exact) mass is 276 g/mol. The van der Waals surface area contributed by atoms with Gasteiger partial charge in [0, 0.05) is 25.2 Å². The molecule has 6 heteroatoms. The summed E-state index contributed by atoms with van der Waals surface area (Å²) < 4.78 is 0. The topological polar surface area (TPSA) is 86.7 Å². The van der Waals surface area contributed by atoms with Crippen LogP contribution in [0.4, 0.5) is 5.69 Å². The van der Waals surface area contributed by atoms with Crippen LogP contribution in [0.25, 0.3) is 0 Å². The predicted molar refractivity (Wildman–Crippen MR) is 72.4 cm³/mol. The Morgan fingerprint density at radius 3 is 2.90 bits per heavy atom. The third kappa shape index (κ3) is 3.34. The summed E-state index contributed by atoms with van der Waals surface area (Å²) in [6.07, 6.45) is 1.30. The van der Waals surface area contributed by atoms with Crippen molar-refractivity contribution in [2.45, 2.75) is 19.3 Å². The Balaban J connectivity index is 2.07. The maximum Gasteiger partial charge on any atom is 0.316 e. The number of carbonyl (C=O) groups excluding carboxylic acids is 2. The van der Waals surface area contributed by atoms with E-state index in [2.05, 4.69) is 5.32 Å². The number of nitrogens with zero attached hydrogens (tertiary/aromatic N) is 1. The van der Waals surface area contributed by atoms with Crippen molar-refractivity contribution in [3.05, 3.63) is 29.8 Å². The molecule has 0 aromatic heterocycles. The minimum absolute atomic E-state index is 0.120. The number of nitrogens with one attached hydrogen (secondary N) is 1. The Morgan fingerprint density at radius 1 is 1.35 bits per heavy atom. The standard InChI is InChI=1S/C14H16N2O4/c17-12(18)6-2-4-10-3-1-5-11(9-10)16-8-7-15-13(19)14(16)20/h1,3,5,9H,2,4,6-8H2,(H,15,19)(H,17,18). The predicted octanol–water partition coefficient (Wildman–Crippen LogP) is 0.557. The van der Waals surface area contributed by atoms with E-state index in [-0.39, 0.29) is 6.42 Å². The largest absolute Gasteiger partial charge is 0.481 e. The van der Waals surface area contributed by atoms with E-state index in [1.165, 1.54) is 4.90 Å². The highest BCUT2D eigenvalue weighted by Gasteiger charge is 2.27. The van der Waals surface area contributed by atoms with Gasteiger partial charge < -0.3 is 15.3 Å². The molecule has 0 aliphatic carbocycles. The van der Waals surface area contributed by atoms with Crippen LogP contribution in [0.5, 0.6) is 0 Å². The van der Waals surface area contributed by atoms with Crippen LogP contribution in [0.15, 0.2) is 24.3 Å². The second-order valence-corrected chi connectivity index (χ2v) is 4.63. The molecule has 1 aromatic carbocycles. The molecule has 1 saturated heterocycles. The summed E-state index contributed by atoms with van der Waals surface area (Å²) in [5, 5.41) is 11.1. The number of anilines is 1. The number of carboxylic acids is 1. The van der Waals surface area contributed by atoms with Gasteiger partial charge in [0.15, 0.2) is 0 Å². The van der Waals surface area contributed by atoms with Gasteiger partial charge in [-0.15, -0.1) is 0 Å². The fraction of sp³-hybridized carbons (Fsp3) is 0.357. The maximum atomic E-state index is 11.8. The first-order chi connectivity index (χ1) is 9.58. The van der Waals surface area contributed by atoms with Gasteiger partial charge in [-0.1, -0.05) is 12.1 Å². The van der Waals surface area contributed by atoms with Gasteiger partial charge >= 0.3 is 17.8 Å². The maximum absolute atomic E-state index is 11.8. The zero-order chi connectivity index (χ0) is 14.5. The summed E-state index contributed by atoms with van der Waals surface area (Å²) in [6.45, 7) is 0.886. The van der Waals surface area contributed by atoms with E-state index in [4.69, 9.17) is 5.11 Å². The quantitative estimate of drug-likeness (QED) is 0.769. The van der Waals surface area contributed by atoms with Crippen LogP contribution in [0.2, 0.25) is 0 Å². The Kier molecular flexibility index (Phi) is 4.34. The van der Waals surface area contributed by atoms with Crippen molar-refractivity contribution in [1.82, 2.24) is 5.32 Å². The van der Waals surface area contributed by atoms with Gasteiger partial charge in [0.05, 0.1) is 0 Å². The molecule has 0 bridgehead atoms. The number of amides is 2. The average Bonchev–Trinajstić information content (AvgIpc) is 2.42. The summed E-state index contributed by atoms with van der Waals surface area (Å²) in [5.74, 6) is -1.96. The van der Waals surface area contributed by atoms with Gasteiger partial charge in [0.1, 0.15) is 0 Å². The highest BCUT2D eigenvalue weighted by atomic mass is 16.4. The third-order valence-corrected chi connectivity index (χ3v) is 3.14. The average molecular weight is 276 g/mol. The number of aryl methyl sites for hydroxylation is 1. The summed E-state index contributed by atoms with van der Waals surface area (Å²) in [5.41, 5.74) is 1.64. The molecule has 0 spiro atoms. The number of hydrogen-bond acceptors (Lipinski definition) is 3. The van der Waals surface area contributed by atoms with E-state index in [0.29, 0.717) is 31.6 Å². The number of benzene rings is 1. The molecule has 1 aromatic rings. The van der Waals surface area contributed by atoms with E-state index < -0.39 is 17.8 Å². The first-order valence-corrected chi connectivity index (χ1v) is 6.48. The molecule has 2 amide bonds. The molecule has 20 heavy (non-hydrogen) atoms. The third-order valence-electron chi connectivity index (χ3n) is 3.14. The summed E-state index contributed by atoms with van der Waals surface area (Å²) in [4.78, 5) is 35.0. The number of carbonyl (C=O) groups is 3. The fourth-order valence-electron chi connectivity index (χ4n) is 2.15. The summed E-state index contributed by atoms with van der Waals surface area (Å²) in [6, 6.07) is 7.31. The van der Waals surface area contributed by atoms with Crippen molar-refractivity contribution < 1.29 is 19.5 Å². The lowest BCUT2D eigenvalue weighted by molar-refractivity contribution is -0.138. The molecule has 0 atom stereocenters. The second-order valence-electron chi connectivity index (χ2n) is 4.63. The molecule has 1 aliphatic heterocycles. The van der Waals surface area contributed by atoms with Crippen molar-refractivity contribution in [3.8, 4) is 0 Å². The van der Waals surface area contributed by atoms with Crippen molar-refractivity contribution in [2.24, 2.45) is 0 Å². The molecule has 6 nitrogen and oxygen atoms in total. The van der Waals surface area contributed by atoms with Crippen molar-refractivity contribution in [2.75, 3.05) is 18.0 Å². The molecule has 0 saturated carbocycles. The molecule has 1 heterocycles. The molecule has 1 aliphatic rings. The fourth-order valence-corrected chi connectivity index (χ4v) is 2.15. The van der Waals surface area contributed by atoms with Gasteiger partial charge in [-0.3, -0.25) is 14.4 Å². The number of carboxylic acid groups (broad SMARTS) is 1. The highest BCUT2D eigenvalue weighted by molar-refractivity contribution is 6.41. The van der Waals surface area contributed by atoms with Gasteiger partial charge in [-0.25, -0.2) is 0 Å². The molecular weight excluding hydrogens is 260 g/mol. The Labute approximate surface area is 116 Å². The van der Waals surface area contributed by atoms with E-state index in [0.717, 1.165) is 5.56 Å². The SMILES string of the molecule is O=C(O)CCCc1cccc(N2CCNC(=O)C2=O)c1. The van der Waals surface area contributed by atoms with Crippen LogP contribution in [-0.2, 0) is 20.8 Å². The minimum atomic E-state index is -0.816.